The Morgan fingerprint density at radius 2 is 1.75 bits per heavy atom. The number of hydrogen-bond donors (Lipinski definition) is 1. The van der Waals surface area contributed by atoms with Crippen LogP contribution in [-0.4, -0.2) is 9.55 Å². The molecule has 0 atom stereocenters. The summed E-state index contributed by atoms with van der Waals surface area (Å²) in [5.41, 5.74) is 8.23. The van der Waals surface area contributed by atoms with Crippen LogP contribution in [-0.2, 0) is 0 Å². The summed E-state index contributed by atoms with van der Waals surface area (Å²) in [5.74, 6) is 0.335. The van der Waals surface area contributed by atoms with Crippen molar-refractivity contribution >= 4 is 67.7 Å². The molecule has 0 radical (unpaired) electrons. The van der Waals surface area contributed by atoms with Gasteiger partial charge >= 0.3 is 0 Å². The van der Waals surface area contributed by atoms with Crippen LogP contribution in [0.1, 0.15) is 0 Å². The van der Waals surface area contributed by atoms with Crippen LogP contribution in [0.5, 0.6) is 0 Å². The van der Waals surface area contributed by atoms with E-state index >= 15 is 0 Å². The first-order valence-electron chi connectivity index (χ1n) is 5.56. The molecule has 3 rings (SSSR count). The highest BCUT2D eigenvalue weighted by Crippen LogP contribution is 2.35. The summed E-state index contributed by atoms with van der Waals surface area (Å²) in [7, 11) is 0. The first kappa shape index (κ1) is 14.0. The number of anilines is 1. The second-order valence-electron chi connectivity index (χ2n) is 4.13. The predicted molar refractivity (Wildman–Crippen MR) is 88.2 cm³/mol. The number of rotatable bonds is 1. The van der Waals surface area contributed by atoms with Crippen molar-refractivity contribution in [3.63, 3.8) is 0 Å². The Morgan fingerprint density at radius 1 is 1.05 bits per heavy atom. The molecule has 0 aliphatic heterocycles. The topological polar surface area (TPSA) is 43.8 Å². The summed E-state index contributed by atoms with van der Waals surface area (Å²) in [4.78, 5) is 4.30. The third kappa shape index (κ3) is 2.17. The smallest absolute Gasteiger partial charge is 0.205 e. The van der Waals surface area contributed by atoms with Gasteiger partial charge in [-0.2, -0.15) is 0 Å². The van der Waals surface area contributed by atoms with Gasteiger partial charge in [0.05, 0.1) is 36.3 Å². The lowest BCUT2D eigenvalue weighted by atomic mass is 10.2. The Bertz CT molecular complexity index is 829. The molecule has 0 aliphatic rings. The van der Waals surface area contributed by atoms with Crippen LogP contribution >= 0.6 is 50.7 Å². The quantitative estimate of drug-likeness (QED) is 0.609. The van der Waals surface area contributed by atoms with Crippen molar-refractivity contribution in [3.8, 4) is 5.69 Å². The Labute approximate surface area is 138 Å². The molecule has 20 heavy (non-hydrogen) atoms. The third-order valence-electron chi connectivity index (χ3n) is 2.89. The second-order valence-corrected chi connectivity index (χ2v) is 6.15. The van der Waals surface area contributed by atoms with Crippen LogP contribution < -0.4 is 5.73 Å². The molecule has 0 bridgehead atoms. The minimum Gasteiger partial charge on any atom is -0.369 e. The highest BCUT2D eigenvalue weighted by molar-refractivity contribution is 9.10. The number of nitrogens with zero attached hydrogens (tertiary/aromatic N) is 2. The molecule has 3 nitrogen and oxygen atoms in total. The molecule has 0 fully saturated rings. The van der Waals surface area contributed by atoms with Crippen LogP contribution in [0.3, 0.4) is 0 Å². The van der Waals surface area contributed by atoms with E-state index in [1.54, 1.807) is 22.8 Å². The largest absolute Gasteiger partial charge is 0.369 e. The van der Waals surface area contributed by atoms with Crippen molar-refractivity contribution in [2.24, 2.45) is 0 Å². The molecule has 0 unspecified atom stereocenters. The van der Waals surface area contributed by atoms with Gasteiger partial charge in [-0.3, -0.25) is 4.57 Å². The summed E-state index contributed by atoms with van der Waals surface area (Å²) in [6.45, 7) is 0. The molecular weight excluding hydrogens is 384 g/mol. The molecule has 0 aliphatic carbocycles. The maximum atomic E-state index is 6.12. The fourth-order valence-electron chi connectivity index (χ4n) is 2.01. The summed E-state index contributed by atoms with van der Waals surface area (Å²) in [6, 6.07) is 8.93. The molecule has 0 saturated heterocycles. The van der Waals surface area contributed by atoms with Gasteiger partial charge in [0.1, 0.15) is 0 Å². The van der Waals surface area contributed by atoms with E-state index in [-0.39, 0.29) is 0 Å². The molecule has 1 aromatic heterocycles. The number of imidazole rings is 1. The van der Waals surface area contributed by atoms with Gasteiger partial charge in [0.2, 0.25) is 5.95 Å². The summed E-state index contributed by atoms with van der Waals surface area (Å²) >= 11 is 21.7. The van der Waals surface area contributed by atoms with E-state index < -0.39 is 0 Å². The first-order valence-corrected chi connectivity index (χ1v) is 7.49. The van der Waals surface area contributed by atoms with Gasteiger partial charge in [-0.1, -0.05) is 40.9 Å². The van der Waals surface area contributed by atoms with E-state index in [0.29, 0.717) is 26.5 Å². The molecule has 0 saturated carbocycles. The van der Waals surface area contributed by atoms with Crippen molar-refractivity contribution in [3.05, 3.63) is 49.9 Å². The zero-order valence-electron chi connectivity index (χ0n) is 9.87. The molecule has 1 heterocycles. The number of aromatic nitrogens is 2. The molecule has 2 N–H and O–H groups in total. The molecule has 3 aromatic rings. The number of halogens is 4. The summed E-state index contributed by atoms with van der Waals surface area (Å²) in [6.07, 6.45) is 0. The lowest BCUT2D eigenvalue weighted by Gasteiger charge is -2.10. The predicted octanol–water partition coefficient (Wildman–Crippen LogP) is 5.33. The van der Waals surface area contributed by atoms with Gasteiger partial charge < -0.3 is 5.73 Å². The Kier molecular flexibility index (Phi) is 3.58. The molecule has 0 spiro atoms. The molecular formula is C13H7BrCl3N3. The number of nitrogens with two attached hydrogens (primary N) is 1. The van der Waals surface area contributed by atoms with Crippen LogP contribution in [0.15, 0.2) is 34.8 Å². The van der Waals surface area contributed by atoms with Crippen LogP contribution in [0.4, 0.5) is 5.95 Å². The van der Waals surface area contributed by atoms with E-state index in [9.17, 15) is 0 Å². The lowest BCUT2D eigenvalue weighted by Crippen LogP contribution is -2.01. The third-order valence-corrected chi connectivity index (χ3v) is 4.99. The van der Waals surface area contributed by atoms with E-state index in [1.807, 2.05) is 12.1 Å². The highest BCUT2D eigenvalue weighted by Gasteiger charge is 2.15. The monoisotopic (exact) mass is 389 g/mol. The highest BCUT2D eigenvalue weighted by atomic mass is 79.9. The number of fused-ring (bicyclic) bond motifs is 1. The van der Waals surface area contributed by atoms with Gasteiger partial charge in [0, 0.05) is 0 Å². The average Bonchev–Trinajstić information content (AvgIpc) is 2.69. The van der Waals surface area contributed by atoms with E-state index in [1.165, 1.54) is 0 Å². The summed E-state index contributed by atoms with van der Waals surface area (Å²) in [5, 5.41) is 1.47. The van der Waals surface area contributed by atoms with Crippen molar-refractivity contribution in [1.29, 1.82) is 0 Å². The normalized spacial score (nSPS) is 11.2. The van der Waals surface area contributed by atoms with Crippen LogP contribution in [0.25, 0.3) is 16.7 Å². The minimum atomic E-state index is 0.335. The Hall–Kier alpha value is -0.940. The van der Waals surface area contributed by atoms with Gasteiger partial charge in [-0.15, -0.1) is 0 Å². The Morgan fingerprint density at radius 3 is 2.50 bits per heavy atom. The average molecular weight is 391 g/mol. The zero-order valence-corrected chi connectivity index (χ0v) is 13.7. The van der Waals surface area contributed by atoms with E-state index in [0.717, 1.165) is 15.7 Å². The maximum Gasteiger partial charge on any atom is 0.205 e. The van der Waals surface area contributed by atoms with E-state index in [2.05, 4.69) is 20.9 Å². The fourth-order valence-corrected chi connectivity index (χ4v) is 2.94. The lowest BCUT2D eigenvalue weighted by molar-refractivity contribution is 1.10. The number of nitrogen functional groups attached to an aromatic ring is 1. The van der Waals surface area contributed by atoms with Crippen LogP contribution in [0.2, 0.25) is 15.1 Å². The van der Waals surface area contributed by atoms with Crippen molar-refractivity contribution in [2.45, 2.75) is 0 Å². The minimum absolute atomic E-state index is 0.335. The maximum absolute atomic E-state index is 6.12. The van der Waals surface area contributed by atoms with E-state index in [4.69, 9.17) is 40.5 Å². The van der Waals surface area contributed by atoms with Gasteiger partial charge in [-0.25, -0.2) is 4.98 Å². The number of hydrogen-bond acceptors (Lipinski definition) is 2. The van der Waals surface area contributed by atoms with Gasteiger partial charge in [0.15, 0.2) is 0 Å². The first-order chi connectivity index (χ1) is 9.49. The molecule has 2 aromatic carbocycles. The van der Waals surface area contributed by atoms with Crippen molar-refractivity contribution in [2.75, 3.05) is 5.73 Å². The molecule has 7 heteroatoms. The standard InChI is InChI=1S/C13H7BrCl3N3/c14-12-6(15)2-1-3-10(12)20-11-5-8(17)7(16)4-9(11)19-13(20)18/h1-5H,(H2,18,19). The second kappa shape index (κ2) is 5.11. The van der Waals surface area contributed by atoms with Crippen molar-refractivity contribution in [1.82, 2.24) is 9.55 Å². The van der Waals surface area contributed by atoms with Crippen molar-refractivity contribution < 1.29 is 0 Å². The Balaban J connectivity index is 2.39. The van der Waals surface area contributed by atoms with Gasteiger partial charge in [0.25, 0.3) is 0 Å². The number of benzene rings is 2. The van der Waals surface area contributed by atoms with Gasteiger partial charge in [-0.05, 0) is 40.2 Å². The SMILES string of the molecule is Nc1nc2cc(Cl)c(Cl)cc2n1-c1cccc(Cl)c1Br. The fraction of sp³-hybridized carbons (Fsp3) is 0. The summed E-state index contributed by atoms with van der Waals surface area (Å²) < 4.78 is 2.51. The molecule has 0 amide bonds. The zero-order chi connectivity index (χ0) is 14.4. The molecule has 102 valence electrons. The van der Waals surface area contributed by atoms with Crippen LogP contribution in [0, 0.1) is 0 Å².